The molecule has 3 atom stereocenters. The molecule has 0 radical (unpaired) electrons. The van der Waals surface area contributed by atoms with Crippen LogP contribution >= 0.6 is 23.2 Å². The average molecular weight is 459 g/mol. The highest BCUT2D eigenvalue weighted by Crippen LogP contribution is 2.41. The standard InChI is InChI=1S/C21H20Cl2N6O2/c1-11-18(21(30)28-9-3-4-16(28)20-26-12(2)27-31-20)19(29-17(25-11)7-8-24-29)13-5-6-14(22)15(23)10-13/h5-8,10,16,18-19H,3-4,9H2,1-2H3. The fourth-order valence-corrected chi connectivity index (χ4v) is 4.79. The SMILES string of the molecule is CC1=Nc2ccnn2C(c2ccc(Cl)c(Cl)c2)C1C(=O)N1CCCC1c1nc(C)no1. The summed E-state index contributed by atoms with van der Waals surface area (Å²) in [7, 11) is 0. The number of benzene rings is 1. The number of aromatic nitrogens is 4. The van der Waals surface area contributed by atoms with Crippen LogP contribution in [0.4, 0.5) is 5.82 Å². The first-order valence-corrected chi connectivity index (χ1v) is 10.8. The molecule has 8 nitrogen and oxygen atoms in total. The molecule has 5 rings (SSSR count). The van der Waals surface area contributed by atoms with E-state index in [0.717, 1.165) is 24.1 Å². The van der Waals surface area contributed by atoms with E-state index < -0.39 is 12.0 Å². The minimum Gasteiger partial charge on any atom is -0.337 e. The van der Waals surface area contributed by atoms with Gasteiger partial charge in [0.05, 0.1) is 22.3 Å². The molecule has 0 aliphatic carbocycles. The maximum Gasteiger partial charge on any atom is 0.249 e. The average Bonchev–Trinajstić information content (AvgIpc) is 3.48. The first kappa shape index (κ1) is 20.2. The Hall–Kier alpha value is -2.71. The van der Waals surface area contributed by atoms with Gasteiger partial charge in [0, 0.05) is 18.3 Å². The summed E-state index contributed by atoms with van der Waals surface area (Å²) >= 11 is 12.5. The fourth-order valence-electron chi connectivity index (χ4n) is 4.49. The summed E-state index contributed by atoms with van der Waals surface area (Å²) in [5.74, 6) is 1.13. The van der Waals surface area contributed by atoms with Gasteiger partial charge in [0.1, 0.15) is 12.0 Å². The van der Waals surface area contributed by atoms with Crippen LogP contribution in [0.25, 0.3) is 0 Å². The number of amides is 1. The zero-order valence-electron chi connectivity index (χ0n) is 17.0. The van der Waals surface area contributed by atoms with E-state index in [-0.39, 0.29) is 11.9 Å². The van der Waals surface area contributed by atoms with Crippen molar-refractivity contribution < 1.29 is 9.32 Å². The number of fused-ring (bicyclic) bond motifs is 1. The molecule has 1 saturated heterocycles. The minimum atomic E-state index is -0.547. The molecule has 3 aromatic rings. The van der Waals surface area contributed by atoms with Crippen LogP contribution in [0.5, 0.6) is 0 Å². The number of hydrogen-bond acceptors (Lipinski definition) is 6. The van der Waals surface area contributed by atoms with Gasteiger partial charge in [0.25, 0.3) is 0 Å². The lowest BCUT2D eigenvalue weighted by Gasteiger charge is -2.35. The van der Waals surface area contributed by atoms with Crippen molar-refractivity contribution in [3.05, 3.63) is 57.8 Å². The summed E-state index contributed by atoms with van der Waals surface area (Å²) < 4.78 is 7.17. The number of nitrogens with zero attached hydrogens (tertiary/aromatic N) is 6. The minimum absolute atomic E-state index is 0.0446. The van der Waals surface area contributed by atoms with Gasteiger partial charge in [-0.25, -0.2) is 9.67 Å². The number of aryl methyl sites for hydroxylation is 1. The van der Waals surface area contributed by atoms with Crippen LogP contribution in [-0.2, 0) is 4.79 Å². The van der Waals surface area contributed by atoms with Gasteiger partial charge in [-0.3, -0.25) is 4.79 Å². The van der Waals surface area contributed by atoms with Gasteiger partial charge in [-0.05, 0) is 44.4 Å². The predicted molar refractivity (Wildman–Crippen MR) is 116 cm³/mol. The number of carbonyl (C=O) groups is 1. The van der Waals surface area contributed by atoms with Gasteiger partial charge in [0.15, 0.2) is 11.6 Å². The highest BCUT2D eigenvalue weighted by atomic mass is 35.5. The lowest BCUT2D eigenvalue weighted by Crippen LogP contribution is -2.44. The molecule has 10 heteroatoms. The van der Waals surface area contributed by atoms with Gasteiger partial charge in [0.2, 0.25) is 11.8 Å². The Morgan fingerprint density at radius 1 is 1.19 bits per heavy atom. The van der Waals surface area contributed by atoms with E-state index in [9.17, 15) is 4.79 Å². The zero-order valence-corrected chi connectivity index (χ0v) is 18.5. The van der Waals surface area contributed by atoms with Crippen LogP contribution < -0.4 is 0 Å². The maximum absolute atomic E-state index is 13.9. The quantitative estimate of drug-likeness (QED) is 0.573. The van der Waals surface area contributed by atoms with E-state index in [1.54, 1.807) is 29.9 Å². The van der Waals surface area contributed by atoms with Crippen molar-refractivity contribution in [1.82, 2.24) is 24.8 Å². The molecule has 1 aromatic carbocycles. The van der Waals surface area contributed by atoms with Crippen LogP contribution in [0.1, 0.15) is 49.1 Å². The van der Waals surface area contributed by atoms with Gasteiger partial charge >= 0.3 is 0 Å². The molecule has 4 heterocycles. The van der Waals surface area contributed by atoms with Crippen molar-refractivity contribution in [3.8, 4) is 0 Å². The van der Waals surface area contributed by atoms with E-state index in [0.29, 0.717) is 34.1 Å². The molecule has 160 valence electrons. The van der Waals surface area contributed by atoms with Crippen molar-refractivity contribution in [2.45, 2.75) is 38.8 Å². The van der Waals surface area contributed by atoms with Crippen molar-refractivity contribution in [3.63, 3.8) is 0 Å². The van der Waals surface area contributed by atoms with E-state index in [1.807, 2.05) is 24.0 Å². The lowest BCUT2D eigenvalue weighted by molar-refractivity contribution is -0.135. The maximum atomic E-state index is 13.9. The van der Waals surface area contributed by atoms with Gasteiger partial charge < -0.3 is 9.42 Å². The molecule has 2 aromatic heterocycles. The third kappa shape index (κ3) is 3.43. The molecule has 0 saturated carbocycles. The number of carbonyl (C=O) groups excluding carboxylic acids is 1. The first-order valence-electron chi connectivity index (χ1n) is 10.1. The second kappa shape index (κ2) is 7.76. The lowest BCUT2D eigenvalue weighted by atomic mass is 9.87. The predicted octanol–water partition coefficient (Wildman–Crippen LogP) is 4.56. The number of aliphatic imine (C=N–C) groups is 1. The fraction of sp³-hybridized carbons (Fsp3) is 0.381. The Bertz CT molecular complexity index is 1190. The summed E-state index contributed by atoms with van der Waals surface area (Å²) in [5.41, 5.74) is 1.57. The molecule has 0 spiro atoms. The monoisotopic (exact) mass is 458 g/mol. The Balaban J connectivity index is 1.57. The topological polar surface area (TPSA) is 89.4 Å². The van der Waals surface area contributed by atoms with Crippen LogP contribution in [0.3, 0.4) is 0 Å². The highest BCUT2D eigenvalue weighted by molar-refractivity contribution is 6.42. The van der Waals surface area contributed by atoms with Gasteiger partial charge in [-0.15, -0.1) is 0 Å². The van der Waals surface area contributed by atoms with E-state index in [4.69, 9.17) is 27.7 Å². The molecule has 2 aliphatic rings. The summed E-state index contributed by atoms with van der Waals surface area (Å²) in [6.07, 6.45) is 3.33. The van der Waals surface area contributed by atoms with Gasteiger partial charge in [-0.1, -0.05) is 34.4 Å². The van der Waals surface area contributed by atoms with E-state index in [1.165, 1.54) is 0 Å². The molecule has 1 amide bonds. The normalized spacial score (nSPS) is 23.0. The molecular formula is C21H20Cl2N6O2. The Labute approximate surface area is 188 Å². The van der Waals surface area contributed by atoms with Crippen molar-refractivity contribution in [2.24, 2.45) is 10.9 Å². The van der Waals surface area contributed by atoms with Crippen molar-refractivity contribution in [2.75, 3.05) is 6.54 Å². The second-order valence-electron chi connectivity index (χ2n) is 7.85. The van der Waals surface area contributed by atoms with Crippen LogP contribution in [0.2, 0.25) is 10.0 Å². The third-order valence-electron chi connectivity index (χ3n) is 5.89. The molecule has 2 aliphatic heterocycles. The van der Waals surface area contributed by atoms with Crippen LogP contribution in [0.15, 0.2) is 40.0 Å². The zero-order chi connectivity index (χ0) is 21.7. The molecule has 1 fully saturated rings. The number of hydrogen-bond donors (Lipinski definition) is 0. The molecule has 0 N–H and O–H groups in total. The van der Waals surface area contributed by atoms with E-state index >= 15 is 0 Å². The Morgan fingerprint density at radius 2 is 2.03 bits per heavy atom. The number of rotatable bonds is 3. The second-order valence-corrected chi connectivity index (χ2v) is 8.67. The van der Waals surface area contributed by atoms with Crippen molar-refractivity contribution in [1.29, 1.82) is 0 Å². The van der Waals surface area contributed by atoms with Crippen LogP contribution in [0, 0.1) is 12.8 Å². The Kier molecular flexibility index (Phi) is 5.06. The van der Waals surface area contributed by atoms with Crippen molar-refractivity contribution >= 4 is 40.6 Å². The number of halogens is 2. The third-order valence-corrected chi connectivity index (χ3v) is 6.62. The largest absolute Gasteiger partial charge is 0.337 e. The van der Waals surface area contributed by atoms with E-state index in [2.05, 4.69) is 20.2 Å². The summed E-state index contributed by atoms with van der Waals surface area (Å²) in [4.78, 5) is 24.8. The molecule has 3 unspecified atom stereocenters. The number of likely N-dealkylation sites (tertiary alicyclic amines) is 1. The van der Waals surface area contributed by atoms with Gasteiger partial charge in [-0.2, -0.15) is 10.1 Å². The summed E-state index contributed by atoms with van der Waals surface area (Å²) in [5, 5.41) is 9.25. The Morgan fingerprint density at radius 3 is 2.77 bits per heavy atom. The smallest absolute Gasteiger partial charge is 0.249 e. The highest BCUT2D eigenvalue weighted by Gasteiger charge is 2.44. The molecule has 0 bridgehead atoms. The van der Waals surface area contributed by atoms with Crippen LogP contribution in [-0.4, -0.2) is 43.0 Å². The molecular weight excluding hydrogens is 439 g/mol. The summed E-state index contributed by atoms with van der Waals surface area (Å²) in [6, 6.07) is 6.61. The summed E-state index contributed by atoms with van der Waals surface area (Å²) in [6.45, 7) is 4.27. The first-order chi connectivity index (χ1) is 14.9. The molecule has 31 heavy (non-hydrogen) atoms.